The first-order valence-corrected chi connectivity index (χ1v) is 8.80. The maximum Gasteiger partial charge on any atom is 0.320 e. The Balaban J connectivity index is 1.43. The maximum atomic E-state index is 12.4. The first-order chi connectivity index (χ1) is 11.2. The zero-order valence-corrected chi connectivity index (χ0v) is 14.4. The minimum atomic E-state index is 0.198. The highest BCUT2D eigenvalue weighted by Gasteiger charge is 2.27. The number of halogens is 1. The first-order valence-electron chi connectivity index (χ1n) is 8.01. The Labute approximate surface area is 143 Å². The lowest BCUT2D eigenvalue weighted by Crippen LogP contribution is -2.52. The van der Waals surface area contributed by atoms with Crippen LogP contribution in [0.2, 0.25) is 0 Å². The van der Waals surface area contributed by atoms with Crippen LogP contribution in [0.5, 0.6) is 0 Å². The van der Waals surface area contributed by atoms with E-state index in [1.165, 1.54) is 0 Å². The van der Waals surface area contributed by atoms with Gasteiger partial charge in [0.05, 0.1) is 10.7 Å². The van der Waals surface area contributed by atoms with E-state index in [1.807, 2.05) is 22.1 Å². The van der Waals surface area contributed by atoms with Crippen LogP contribution < -0.4 is 4.90 Å². The van der Waals surface area contributed by atoms with Crippen molar-refractivity contribution in [2.75, 3.05) is 44.2 Å². The summed E-state index contributed by atoms with van der Waals surface area (Å²) in [6.45, 7) is 4.95. The Hall–Kier alpha value is -1.83. The van der Waals surface area contributed by atoms with E-state index in [9.17, 15) is 4.79 Å². The van der Waals surface area contributed by atoms with Crippen molar-refractivity contribution in [2.24, 2.45) is 0 Å². The Morgan fingerprint density at radius 3 is 2.48 bits per heavy atom. The van der Waals surface area contributed by atoms with Crippen molar-refractivity contribution in [1.82, 2.24) is 24.4 Å². The van der Waals surface area contributed by atoms with E-state index < -0.39 is 0 Å². The number of rotatable bonds is 1. The fraction of sp³-hybridized carbons (Fsp3) is 0.533. The van der Waals surface area contributed by atoms with Crippen LogP contribution in [-0.2, 0) is 0 Å². The molecule has 2 amide bonds. The Morgan fingerprint density at radius 1 is 1.04 bits per heavy atom. The summed E-state index contributed by atoms with van der Waals surface area (Å²) in [5.41, 5.74) is 0.818. The molecule has 0 unspecified atom stereocenters. The lowest BCUT2D eigenvalue weighted by atomic mass is 10.3. The quantitative estimate of drug-likeness (QED) is 0.759. The number of hydrogen-bond donors (Lipinski definition) is 0. The number of fused-ring (bicyclic) bond motifs is 1. The van der Waals surface area contributed by atoms with E-state index in [0.717, 1.165) is 68.0 Å². The average molecular weight is 379 g/mol. The van der Waals surface area contributed by atoms with E-state index in [0.29, 0.717) is 0 Å². The number of anilines is 1. The number of carbonyl (C=O) groups excluding carboxylic acids is 1. The largest absolute Gasteiger partial charge is 0.353 e. The fourth-order valence-electron chi connectivity index (χ4n) is 3.24. The molecular formula is C15H19BrN6O. The van der Waals surface area contributed by atoms with Crippen molar-refractivity contribution in [3.05, 3.63) is 22.9 Å². The maximum absolute atomic E-state index is 12.4. The lowest BCUT2D eigenvalue weighted by Gasteiger charge is -2.37. The molecule has 0 N–H and O–H groups in total. The van der Waals surface area contributed by atoms with Gasteiger partial charge in [0.2, 0.25) is 0 Å². The molecular weight excluding hydrogens is 360 g/mol. The molecule has 2 aromatic heterocycles. The third-order valence-electron chi connectivity index (χ3n) is 4.56. The summed E-state index contributed by atoms with van der Waals surface area (Å²) >= 11 is 3.47. The average Bonchev–Trinajstić information content (AvgIpc) is 3.25. The van der Waals surface area contributed by atoms with Crippen molar-refractivity contribution >= 4 is 33.4 Å². The molecule has 23 heavy (non-hydrogen) atoms. The van der Waals surface area contributed by atoms with Crippen molar-refractivity contribution in [2.45, 2.75) is 12.8 Å². The van der Waals surface area contributed by atoms with Gasteiger partial charge in [-0.1, -0.05) is 0 Å². The first kappa shape index (κ1) is 14.7. The van der Waals surface area contributed by atoms with Crippen LogP contribution in [-0.4, -0.2) is 69.7 Å². The van der Waals surface area contributed by atoms with Crippen LogP contribution in [0.15, 0.2) is 22.9 Å². The van der Waals surface area contributed by atoms with Gasteiger partial charge in [-0.3, -0.25) is 0 Å². The van der Waals surface area contributed by atoms with Crippen LogP contribution in [0, 0.1) is 0 Å². The molecule has 2 aliphatic heterocycles. The molecule has 0 aromatic carbocycles. The Morgan fingerprint density at radius 2 is 1.74 bits per heavy atom. The minimum Gasteiger partial charge on any atom is -0.353 e. The third-order valence-corrected chi connectivity index (χ3v) is 5.12. The lowest BCUT2D eigenvalue weighted by molar-refractivity contribution is 0.159. The van der Waals surface area contributed by atoms with Crippen LogP contribution >= 0.6 is 15.9 Å². The number of aromatic nitrogens is 3. The van der Waals surface area contributed by atoms with Crippen molar-refractivity contribution in [3.8, 4) is 0 Å². The van der Waals surface area contributed by atoms with Gasteiger partial charge in [-0.15, -0.1) is 0 Å². The van der Waals surface area contributed by atoms with Gasteiger partial charge in [-0.05, 0) is 34.8 Å². The van der Waals surface area contributed by atoms with E-state index in [2.05, 4.69) is 30.9 Å². The van der Waals surface area contributed by atoms with E-state index in [1.54, 1.807) is 10.7 Å². The summed E-state index contributed by atoms with van der Waals surface area (Å²) in [6.07, 6.45) is 5.94. The molecule has 8 heteroatoms. The number of nitrogens with zero attached hydrogens (tertiary/aromatic N) is 6. The molecule has 0 radical (unpaired) electrons. The molecule has 0 saturated carbocycles. The SMILES string of the molecule is O=C(N1CCCC1)N1CCN(c2ccn3ncc(Br)c3n2)CC1. The molecule has 122 valence electrons. The van der Waals surface area contributed by atoms with Crippen LogP contribution in [0.25, 0.3) is 5.65 Å². The van der Waals surface area contributed by atoms with Gasteiger partial charge < -0.3 is 14.7 Å². The normalized spacial score (nSPS) is 18.9. The van der Waals surface area contributed by atoms with Gasteiger partial charge in [0, 0.05) is 45.5 Å². The predicted molar refractivity (Wildman–Crippen MR) is 90.7 cm³/mol. The van der Waals surface area contributed by atoms with E-state index in [-0.39, 0.29) is 6.03 Å². The van der Waals surface area contributed by atoms with Crippen LogP contribution in [0.3, 0.4) is 0 Å². The zero-order chi connectivity index (χ0) is 15.8. The monoisotopic (exact) mass is 378 g/mol. The summed E-state index contributed by atoms with van der Waals surface area (Å²) in [7, 11) is 0. The Kier molecular flexibility index (Phi) is 3.84. The number of hydrogen-bond acceptors (Lipinski definition) is 4. The number of piperazine rings is 1. The van der Waals surface area contributed by atoms with Crippen LogP contribution in [0.1, 0.15) is 12.8 Å². The molecule has 4 rings (SSSR count). The summed E-state index contributed by atoms with van der Waals surface area (Å²) in [5.74, 6) is 0.937. The van der Waals surface area contributed by atoms with E-state index >= 15 is 0 Å². The molecule has 2 saturated heterocycles. The number of carbonyl (C=O) groups is 1. The Bertz CT molecular complexity index is 718. The van der Waals surface area contributed by atoms with Gasteiger partial charge in [0.15, 0.2) is 5.65 Å². The summed E-state index contributed by atoms with van der Waals surface area (Å²) in [6, 6.07) is 2.17. The smallest absolute Gasteiger partial charge is 0.320 e. The summed E-state index contributed by atoms with van der Waals surface area (Å²) in [5, 5.41) is 4.21. The highest BCUT2D eigenvalue weighted by molar-refractivity contribution is 9.10. The summed E-state index contributed by atoms with van der Waals surface area (Å²) < 4.78 is 2.64. The molecule has 0 bridgehead atoms. The van der Waals surface area contributed by atoms with Crippen molar-refractivity contribution < 1.29 is 4.79 Å². The topological polar surface area (TPSA) is 57.0 Å². The van der Waals surface area contributed by atoms with Gasteiger partial charge in [0.25, 0.3) is 0 Å². The molecule has 4 heterocycles. The molecule has 7 nitrogen and oxygen atoms in total. The van der Waals surface area contributed by atoms with Crippen molar-refractivity contribution in [3.63, 3.8) is 0 Å². The minimum absolute atomic E-state index is 0.198. The fourth-order valence-corrected chi connectivity index (χ4v) is 3.60. The second-order valence-electron chi connectivity index (χ2n) is 6.00. The molecule has 2 aromatic rings. The second kappa shape index (κ2) is 5.99. The molecule has 0 atom stereocenters. The van der Waals surface area contributed by atoms with Gasteiger partial charge >= 0.3 is 6.03 Å². The molecule has 0 aliphatic carbocycles. The number of amides is 2. The molecule has 0 spiro atoms. The van der Waals surface area contributed by atoms with Gasteiger partial charge in [-0.25, -0.2) is 14.3 Å². The van der Waals surface area contributed by atoms with E-state index in [4.69, 9.17) is 0 Å². The third kappa shape index (κ3) is 2.75. The zero-order valence-electron chi connectivity index (χ0n) is 12.9. The molecule has 2 aliphatic rings. The standard InChI is InChI=1S/C15H19BrN6O/c16-12-11-17-22-6-3-13(18-14(12)22)19-7-9-21(10-8-19)15(23)20-4-1-2-5-20/h3,6,11H,1-2,4-5,7-10H2. The summed E-state index contributed by atoms with van der Waals surface area (Å²) in [4.78, 5) is 23.3. The number of likely N-dealkylation sites (tertiary alicyclic amines) is 1. The highest BCUT2D eigenvalue weighted by Crippen LogP contribution is 2.20. The number of urea groups is 1. The van der Waals surface area contributed by atoms with Gasteiger partial charge in [0.1, 0.15) is 5.82 Å². The highest BCUT2D eigenvalue weighted by atomic mass is 79.9. The van der Waals surface area contributed by atoms with Gasteiger partial charge in [-0.2, -0.15) is 5.10 Å². The molecule has 2 fully saturated rings. The van der Waals surface area contributed by atoms with Crippen molar-refractivity contribution in [1.29, 1.82) is 0 Å². The predicted octanol–water partition coefficient (Wildman–Crippen LogP) is 1.83. The van der Waals surface area contributed by atoms with Crippen LogP contribution in [0.4, 0.5) is 10.6 Å². The second-order valence-corrected chi connectivity index (χ2v) is 6.85.